The molecule has 20 heavy (non-hydrogen) atoms. The summed E-state index contributed by atoms with van der Waals surface area (Å²) < 4.78 is 2.08. The molecule has 0 amide bonds. The molecule has 2 aromatic carbocycles. The van der Waals surface area contributed by atoms with Gasteiger partial charge in [0.2, 0.25) is 0 Å². The molecule has 0 aliphatic carbocycles. The number of rotatable bonds is 1. The van der Waals surface area contributed by atoms with E-state index in [0.29, 0.717) is 0 Å². The lowest BCUT2D eigenvalue weighted by atomic mass is 10.1. The molecule has 3 rings (SSSR count). The molecule has 0 bridgehead atoms. The van der Waals surface area contributed by atoms with Crippen LogP contribution in [0.3, 0.4) is 0 Å². The highest BCUT2D eigenvalue weighted by Crippen LogP contribution is 2.27. The van der Waals surface area contributed by atoms with Crippen molar-refractivity contribution in [3.8, 4) is 0 Å². The monoisotopic (exact) mass is 283 g/mol. The number of benzene rings is 2. The van der Waals surface area contributed by atoms with E-state index in [1.54, 1.807) is 11.3 Å². The van der Waals surface area contributed by atoms with E-state index in [-0.39, 0.29) is 11.0 Å². The average Bonchev–Trinajstić information content (AvgIpc) is 2.38. The Morgan fingerprint density at radius 3 is 2.40 bits per heavy atom. The van der Waals surface area contributed by atoms with Crippen LogP contribution < -0.4 is 10.7 Å². The van der Waals surface area contributed by atoms with Gasteiger partial charge in [-0.1, -0.05) is 12.1 Å². The maximum absolute atomic E-state index is 12.6. The van der Waals surface area contributed by atoms with Gasteiger partial charge in [-0.15, -0.1) is 11.3 Å². The van der Waals surface area contributed by atoms with Crippen molar-refractivity contribution < 1.29 is 0 Å². The van der Waals surface area contributed by atoms with Crippen molar-refractivity contribution in [2.75, 3.05) is 5.32 Å². The van der Waals surface area contributed by atoms with Gasteiger partial charge in [0.25, 0.3) is 0 Å². The maximum Gasteiger partial charge on any atom is 0.195 e. The molecule has 3 aromatic rings. The average molecular weight is 283 g/mol. The van der Waals surface area contributed by atoms with Crippen molar-refractivity contribution in [2.24, 2.45) is 0 Å². The zero-order valence-electron chi connectivity index (χ0n) is 11.9. The highest BCUT2D eigenvalue weighted by atomic mass is 32.1. The predicted octanol–water partition coefficient (Wildman–Crippen LogP) is 4.63. The SMILES string of the molecule is CC(C)(C)Nc1ccc2sc3ccccc3c(=O)c2c1. The fourth-order valence-electron chi connectivity index (χ4n) is 2.31. The highest BCUT2D eigenvalue weighted by Gasteiger charge is 2.11. The van der Waals surface area contributed by atoms with Crippen LogP contribution in [0, 0.1) is 0 Å². The second kappa shape index (κ2) is 4.60. The lowest BCUT2D eigenvalue weighted by molar-refractivity contribution is 0.634. The summed E-state index contributed by atoms with van der Waals surface area (Å²) in [5.74, 6) is 0. The van der Waals surface area contributed by atoms with E-state index >= 15 is 0 Å². The number of anilines is 1. The van der Waals surface area contributed by atoms with Crippen molar-refractivity contribution in [1.29, 1.82) is 0 Å². The Morgan fingerprint density at radius 2 is 1.65 bits per heavy atom. The molecule has 0 aliphatic rings. The van der Waals surface area contributed by atoms with E-state index in [2.05, 4.69) is 26.1 Å². The van der Waals surface area contributed by atoms with Crippen LogP contribution in [0.25, 0.3) is 20.2 Å². The molecule has 0 aliphatic heterocycles. The fourth-order valence-corrected chi connectivity index (χ4v) is 3.37. The molecule has 1 N–H and O–H groups in total. The normalized spacial score (nSPS) is 11.9. The molecule has 0 unspecified atom stereocenters. The van der Waals surface area contributed by atoms with E-state index < -0.39 is 0 Å². The Kier molecular flexibility index (Phi) is 3.02. The van der Waals surface area contributed by atoms with E-state index in [4.69, 9.17) is 0 Å². The van der Waals surface area contributed by atoms with Crippen LogP contribution >= 0.6 is 11.3 Å². The minimum atomic E-state index is -0.0169. The zero-order valence-corrected chi connectivity index (χ0v) is 12.7. The summed E-state index contributed by atoms with van der Waals surface area (Å²) in [4.78, 5) is 12.6. The molecule has 2 nitrogen and oxygen atoms in total. The summed E-state index contributed by atoms with van der Waals surface area (Å²) in [6, 6.07) is 13.8. The minimum Gasteiger partial charge on any atom is -0.380 e. The molecule has 1 aromatic heterocycles. The summed E-state index contributed by atoms with van der Waals surface area (Å²) >= 11 is 1.66. The van der Waals surface area contributed by atoms with E-state index in [1.807, 2.05) is 42.5 Å². The molecule has 0 radical (unpaired) electrons. The van der Waals surface area contributed by atoms with Gasteiger partial charge in [0.1, 0.15) is 0 Å². The largest absolute Gasteiger partial charge is 0.380 e. The molecule has 0 fully saturated rings. The summed E-state index contributed by atoms with van der Waals surface area (Å²) in [7, 11) is 0. The third-order valence-corrected chi connectivity index (χ3v) is 4.25. The van der Waals surface area contributed by atoms with Crippen molar-refractivity contribution in [3.05, 3.63) is 52.7 Å². The lowest BCUT2D eigenvalue weighted by Gasteiger charge is -2.22. The molecule has 0 atom stereocenters. The summed E-state index contributed by atoms with van der Waals surface area (Å²) in [6.45, 7) is 6.33. The molecular formula is C17H17NOS. The summed E-state index contributed by atoms with van der Waals surface area (Å²) in [6.07, 6.45) is 0. The van der Waals surface area contributed by atoms with Gasteiger partial charge in [0, 0.05) is 31.4 Å². The second-order valence-corrected chi connectivity index (χ2v) is 7.10. The van der Waals surface area contributed by atoms with Gasteiger partial charge in [0.05, 0.1) is 0 Å². The summed E-state index contributed by atoms with van der Waals surface area (Å²) in [5.41, 5.74) is 1.09. The number of fused-ring (bicyclic) bond motifs is 2. The van der Waals surface area contributed by atoms with Crippen LogP contribution in [0.5, 0.6) is 0 Å². The first-order chi connectivity index (χ1) is 9.44. The molecule has 0 saturated heterocycles. The van der Waals surface area contributed by atoms with Gasteiger partial charge in [-0.05, 0) is 51.1 Å². The predicted molar refractivity (Wildman–Crippen MR) is 89.0 cm³/mol. The van der Waals surface area contributed by atoms with Gasteiger partial charge >= 0.3 is 0 Å². The van der Waals surface area contributed by atoms with Crippen LogP contribution in [-0.2, 0) is 0 Å². The second-order valence-electron chi connectivity index (χ2n) is 6.01. The Bertz CT molecular complexity index is 843. The van der Waals surface area contributed by atoms with Gasteiger partial charge in [-0.2, -0.15) is 0 Å². The standard InChI is InChI=1S/C17H17NOS/c1-17(2,3)18-11-8-9-15-13(10-11)16(19)12-6-4-5-7-14(12)20-15/h4-10,18H,1-3H3. The Hall–Kier alpha value is -1.87. The zero-order chi connectivity index (χ0) is 14.3. The highest BCUT2D eigenvalue weighted by molar-refractivity contribution is 7.24. The van der Waals surface area contributed by atoms with Gasteiger partial charge in [-0.3, -0.25) is 4.79 Å². The maximum atomic E-state index is 12.6. The van der Waals surface area contributed by atoms with Crippen molar-refractivity contribution >= 4 is 37.2 Å². The van der Waals surface area contributed by atoms with E-state index in [1.165, 1.54) is 0 Å². The first-order valence-corrected chi connectivity index (χ1v) is 7.49. The van der Waals surface area contributed by atoms with Crippen LogP contribution in [0.1, 0.15) is 20.8 Å². The molecule has 102 valence electrons. The Balaban J connectivity index is 2.26. The number of hydrogen-bond donors (Lipinski definition) is 1. The lowest BCUT2D eigenvalue weighted by Crippen LogP contribution is -2.26. The molecule has 0 saturated carbocycles. The fraction of sp³-hybridized carbons (Fsp3) is 0.235. The van der Waals surface area contributed by atoms with Crippen LogP contribution in [0.2, 0.25) is 0 Å². The van der Waals surface area contributed by atoms with Gasteiger partial charge < -0.3 is 5.32 Å². The number of nitrogens with one attached hydrogen (secondary N) is 1. The molecule has 0 spiro atoms. The molecular weight excluding hydrogens is 266 g/mol. The van der Waals surface area contributed by atoms with Crippen molar-refractivity contribution in [2.45, 2.75) is 26.3 Å². The third kappa shape index (κ3) is 2.41. The van der Waals surface area contributed by atoms with Crippen molar-refractivity contribution in [3.63, 3.8) is 0 Å². The Morgan fingerprint density at radius 1 is 0.950 bits per heavy atom. The first-order valence-electron chi connectivity index (χ1n) is 6.68. The number of hydrogen-bond acceptors (Lipinski definition) is 3. The van der Waals surface area contributed by atoms with E-state index in [9.17, 15) is 4.79 Å². The van der Waals surface area contributed by atoms with Crippen LogP contribution in [0.4, 0.5) is 5.69 Å². The van der Waals surface area contributed by atoms with Gasteiger partial charge in [0.15, 0.2) is 5.43 Å². The molecule has 1 heterocycles. The van der Waals surface area contributed by atoms with Crippen LogP contribution in [0.15, 0.2) is 47.3 Å². The van der Waals surface area contributed by atoms with E-state index in [0.717, 1.165) is 25.9 Å². The first kappa shape index (κ1) is 13.1. The topological polar surface area (TPSA) is 29.1 Å². The quantitative estimate of drug-likeness (QED) is 0.660. The summed E-state index contributed by atoms with van der Waals surface area (Å²) in [5, 5.41) is 5.01. The van der Waals surface area contributed by atoms with Crippen LogP contribution in [-0.4, -0.2) is 5.54 Å². The Labute approximate surface area is 122 Å². The van der Waals surface area contributed by atoms with Gasteiger partial charge in [-0.25, -0.2) is 0 Å². The smallest absolute Gasteiger partial charge is 0.195 e. The molecule has 3 heteroatoms. The third-order valence-electron chi connectivity index (χ3n) is 3.10. The minimum absolute atomic E-state index is 0.0169. The van der Waals surface area contributed by atoms with Crippen molar-refractivity contribution in [1.82, 2.24) is 0 Å².